The molecule has 22 heavy (non-hydrogen) atoms. The third-order valence-corrected chi connectivity index (χ3v) is 2.64. The predicted octanol–water partition coefficient (Wildman–Crippen LogP) is 3.54. The van der Waals surface area contributed by atoms with Crippen molar-refractivity contribution in [3.05, 3.63) is 78.2 Å². The Kier molecular flexibility index (Phi) is 14.2. The van der Waals surface area contributed by atoms with Crippen LogP contribution in [0.15, 0.2) is 42.5 Å². The Balaban J connectivity index is 0. The zero-order valence-corrected chi connectivity index (χ0v) is 17.5. The van der Waals surface area contributed by atoms with Gasteiger partial charge in [0.2, 0.25) is 5.91 Å². The second kappa shape index (κ2) is 13.1. The van der Waals surface area contributed by atoms with E-state index in [-0.39, 0.29) is 63.2 Å². The van der Waals surface area contributed by atoms with Crippen LogP contribution < -0.4 is 5.32 Å². The molecule has 0 heterocycles. The minimum Gasteiger partial charge on any atom is -0.379 e. The van der Waals surface area contributed by atoms with Crippen LogP contribution >= 0.6 is 0 Å². The van der Waals surface area contributed by atoms with Crippen LogP contribution in [0, 0.1) is 32.9 Å². The van der Waals surface area contributed by atoms with Crippen LogP contribution in [0.25, 0.3) is 0 Å². The molecule has 0 saturated heterocycles. The van der Waals surface area contributed by atoms with Gasteiger partial charge in [-0.2, -0.15) is 0 Å². The Morgan fingerprint density at radius 2 is 1.50 bits per heavy atom. The van der Waals surface area contributed by atoms with Crippen molar-refractivity contribution in [3.63, 3.8) is 0 Å². The number of benzene rings is 2. The molecule has 2 radical (unpaired) electrons. The molecule has 0 aliphatic rings. The van der Waals surface area contributed by atoms with Gasteiger partial charge in [-0.3, -0.25) is 29.1 Å². The van der Waals surface area contributed by atoms with Crippen molar-refractivity contribution < 1.29 is 56.1 Å². The van der Waals surface area contributed by atoms with E-state index in [4.69, 9.17) is 0 Å². The van der Waals surface area contributed by atoms with Gasteiger partial charge in [-0.05, 0) is 25.0 Å². The minimum absolute atomic E-state index is 0. The summed E-state index contributed by atoms with van der Waals surface area (Å²) in [6, 6.07) is 18.8. The van der Waals surface area contributed by atoms with E-state index in [1.165, 1.54) is 0 Å². The Labute approximate surface area is 171 Å². The maximum absolute atomic E-state index is 11.7. The molecule has 4 heteroatoms. The molecule has 1 atom stereocenters. The van der Waals surface area contributed by atoms with Crippen LogP contribution in [0.1, 0.15) is 28.4 Å². The molecule has 0 spiro atoms. The first kappa shape index (κ1) is 23.9. The van der Waals surface area contributed by atoms with E-state index in [2.05, 4.69) is 24.4 Å². The molecule has 1 amide bonds. The van der Waals surface area contributed by atoms with Crippen molar-refractivity contribution in [1.29, 1.82) is 0 Å². The summed E-state index contributed by atoms with van der Waals surface area (Å²) < 4.78 is 0. The molecule has 0 aliphatic carbocycles. The van der Waals surface area contributed by atoms with Crippen molar-refractivity contribution >= 4 is 5.91 Å². The first-order chi connectivity index (χ1) is 9.52. The molecule has 1 N–H and O–H groups in total. The predicted molar refractivity (Wildman–Crippen MR) is 82.3 cm³/mol. The number of rotatable bonds is 2. The number of carbonyl (C=O) groups is 1. The summed E-state index contributed by atoms with van der Waals surface area (Å²) in [4.78, 5) is 11.7. The molecule has 0 bridgehead atoms. The van der Waals surface area contributed by atoms with E-state index in [1.807, 2.05) is 63.2 Å². The molecule has 1 unspecified atom stereocenters. The van der Waals surface area contributed by atoms with Gasteiger partial charge in [0.1, 0.15) is 0 Å². The zero-order chi connectivity index (χ0) is 15.0. The molecular formula is C18H20NOVY-. The first-order valence-electron chi connectivity index (χ1n) is 6.54. The second-order valence-corrected chi connectivity index (χ2v) is 4.64. The molecule has 0 aromatic heterocycles. The monoisotopic (exact) mass is 406 g/mol. The van der Waals surface area contributed by atoms with E-state index in [0.717, 1.165) is 16.7 Å². The molecule has 2 aromatic rings. The molecule has 0 fully saturated rings. The van der Waals surface area contributed by atoms with Crippen molar-refractivity contribution in [2.24, 2.45) is 0 Å². The van der Waals surface area contributed by atoms with Gasteiger partial charge in [0.05, 0.1) is 0 Å². The zero-order valence-electron chi connectivity index (χ0n) is 13.3. The van der Waals surface area contributed by atoms with Crippen LogP contribution in [-0.4, -0.2) is 11.9 Å². The maximum Gasteiger partial charge on any atom is 2.00 e. The summed E-state index contributed by atoms with van der Waals surface area (Å²) >= 11 is 0. The molecule has 112 valence electrons. The Morgan fingerprint density at radius 3 is 1.82 bits per heavy atom. The van der Waals surface area contributed by atoms with Crippen LogP contribution in [0.4, 0.5) is 0 Å². The number of aryl methyl sites for hydroxylation is 2. The Bertz CT molecular complexity index is 497. The van der Waals surface area contributed by atoms with E-state index in [1.54, 1.807) is 0 Å². The summed E-state index contributed by atoms with van der Waals surface area (Å²) in [5.74, 6) is -0.0388. The van der Waals surface area contributed by atoms with Gasteiger partial charge in [-0.1, -0.05) is 31.2 Å². The van der Waals surface area contributed by atoms with Crippen LogP contribution in [0.5, 0.6) is 0 Å². The standard InChI is InChI=1S/C12H16NO.C6H4.V.Y/c1-8(2)13-12(14)11-9(3)6-5-7-10(11)4;1-2-4-6-5-3-1;;/h5-8H,1H2,2-4H3,(H,13,14);1-2,5-6H;;/q-1;-2;+2;. The van der Waals surface area contributed by atoms with Crippen LogP contribution in [0.3, 0.4) is 0 Å². The van der Waals surface area contributed by atoms with Gasteiger partial charge in [0, 0.05) is 38.3 Å². The van der Waals surface area contributed by atoms with Crippen molar-refractivity contribution in [1.82, 2.24) is 5.32 Å². The van der Waals surface area contributed by atoms with Gasteiger partial charge in [0.25, 0.3) is 0 Å². The maximum atomic E-state index is 11.7. The van der Waals surface area contributed by atoms with Gasteiger partial charge in [-0.15, -0.1) is 0 Å². The number of nitrogens with one attached hydrogen (secondary N) is 1. The summed E-state index contributed by atoms with van der Waals surface area (Å²) in [6.07, 6.45) is 0. The molecular weight excluding hydrogens is 386 g/mol. The summed E-state index contributed by atoms with van der Waals surface area (Å²) in [5.41, 5.74) is 2.77. The number of carbonyl (C=O) groups excluding carboxylic acids is 1. The van der Waals surface area contributed by atoms with Crippen LogP contribution in [-0.2, 0) is 51.3 Å². The summed E-state index contributed by atoms with van der Waals surface area (Å²) in [7, 11) is 0. The average Bonchev–Trinajstić information content (AvgIpc) is 2.40. The fourth-order valence-corrected chi connectivity index (χ4v) is 1.77. The largest absolute Gasteiger partial charge is 2.00 e. The minimum atomic E-state index is -0.0680. The smallest absolute Gasteiger partial charge is 0.379 e. The fourth-order valence-electron chi connectivity index (χ4n) is 1.77. The Morgan fingerprint density at radius 1 is 1.09 bits per heavy atom. The molecule has 2 rings (SSSR count). The molecule has 2 nitrogen and oxygen atoms in total. The Hall–Kier alpha value is -0.402. The topological polar surface area (TPSA) is 29.1 Å². The SMILES string of the molecule is [CH2-]C(C)NC(=O)c1c(C)cccc1C.[V+2].[Y].[c-]1cc[c-]cc1. The summed E-state index contributed by atoms with van der Waals surface area (Å²) in [5, 5.41) is 2.79. The van der Waals surface area contributed by atoms with E-state index < -0.39 is 0 Å². The van der Waals surface area contributed by atoms with Gasteiger partial charge in [-0.25, -0.2) is 0 Å². The third kappa shape index (κ3) is 8.90. The number of hydrogen-bond donors (Lipinski definition) is 1. The third-order valence-electron chi connectivity index (χ3n) is 2.64. The number of amides is 1. The number of hydrogen-bond acceptors (Lipinski definition) is 1. The van der Waals surface area contributed by atoms with Crippen molar-refractivity contribution in [2.45, 2.75) is 26.8 Å². The first-order valence-corrected chi connectivity index (χ1v) is 6.54. The van der Waals surface area contributed by atoms with Crippen molar-refractivity contribution in [3.8, 4) is 0 Å². The summed E-state index contributed by atoms with van der Waals surface area (Å²) in [6.45, 7) is 9.46. The molecule has 0 saturated carbocycles. The molecule has 0 aliphatic heterocycles. The van der Waals surface area contributed by atoms with E-state index in [9.17, 15) is 4.79 Å². The van der Waals surface area contributed by atoms with E-state index in [0.29, 0.717) is 0 Å². The van der Waals surface area contributed by atoms with E-state index >= 15 is 0 Å². The quantitative estimate of drug-likeness (QED) is 0.760. The van der Waals surface area contributed by atoms with Gasteiger partial charge >= 0.3 is 18.6 Å². The fraction of sp³-hybridized carbons (Fsp3) is 0.222. The average molecular weight is 406 g/mol. The van der Waals surface area contributed by atoms with Gasteiger partial charge in [0.15, 0.2) is 0 Å². The normalized spacial score (nSPS) is 10.0. The van der Waals surface area contributed by atoms with Crippen molar-refractivity contribution in [2.75, 3.05) is 0 Å². The van der Waals surface area contributed by atoms with Crippen LogP contribution in [0.2, 0.25) is 0 Å². The second-order valence-electron chi connectivity index (χ2n) is 4.64. The molecule has 2 aromatic carbocycles. The van der Waals surface area contributed by atoms with Gasteiger partial charge < -0.3 is 24.4 Å².